The maximum atomic E-state index is 13.6. The molecule has 1 saturated carbocycles. The van der Waals surface area contributed by atoms with Crippen molar-refractivity contribution in [2.75, 3.05) is 0 Å². The van der Waals surface area contributed by atoms with Crippen molar-refractivity contribution in [2.45, 2.75) is 98.4 Å². The van der Waals surface area contributed by atoms with Crippen LogP contribution >= 0.6 is 0 Å². The molecule has 0 spiro atoms. The molecule has 2 aliphatic rings. The van der Waals surface area contributed by atoms with Crippen molar-refractivity contribution < 1.29 is 47.7 Å². The number of carbonyl (C=O) groups is 5. The van der Waals surface area contributed by atoms with Gasteiger partial charge in [-0.1, -0.05) is 27.7 Å². The lowest BCUT2D eigenvalue weighted by Crippen LogP contribution is -2.70. The van der Waals surface area contributed by atoms with E-state index >= 15 is 0 Å². The molecule has 3 rings (SSSR count). The maximum Gasteiger partial charge on any atom is 0.341 e. The van der Waals surface area contributed by atoms with Crippen LogP contribution < -0.4 is 9.47 Å². The number of rotatable bonds is 5. The average molecular weight is 519 g/mol. The number of ether oxygens (including phenoxy) is 5. The van der Waals surface area contributed by atoms with Gasteiger partial charge >= 0.3 is 29.8 Å². The fourth-order valence-corrected chi connectivity index (χ4v) is 5.90. The second-order valence-corrected chi connectivity index (χ2v) is 10.8. The Morgan fingerprint density at radius 3 is 1.95 bits per heavy atom. The van der Waals surface area contributed by atoms with Crippen LogP contribution in [0.5, 0.6) is 11.5 Å². The van der Waals surface area contributed by atoms with E-state index in [9.17, 15) is 24.0 Å². The second-order valence-electron chi connectivity index (χ2n) is 10.8. The molecule has 0 bridgehead atoms. The molecule has 1 heterocycles. The Kier molecular flexibility index (Phi) is 7.20. The van der Waals surface area contributed by atoms with Crippen LogP contribution in [0.3, 0.4) is 0 Å². The van der Waals surface area contributed by atoms with Gasteiger partial charge in [-0.3, -0.25) is 19.2 Å². The minimum Gasteiger partial charge on any atom is -0.462 e. The van der Waals surface area contributed by atoms with Crippen LogP contribution in [0.4, 0.5) is 0 Å². The Labute approximate surface area is 215 Å². The van der Waals surface area contributed by atoms with Crippen LogP contribution in [-0.2, 0) is 38.8 Å². The molecule has 0 N–H and O–H groups in total. The Morgan fingerprint density at radius 1 is 0.892 bits per heavy atom. The van der Waals surface area contributed by atoms with E-state index in [1.54, 1.807) is 26.8 Å². The monoisotopic (exact) mass is 518 g/mol. The fourth-order valence-electron chi connectivity index (χ4n) is 5.90. The molecule has 1 aromatic rings. The molecule has 202 valence electrons. The summed E-state index contributed by atoms with van der Waals surface area (Å²) in [5, 5.41) is 0. The topological polar surface area (TPSA) is 132 Å². The Bertz CT molecular complexity index is 1180. The van der Waals surface area contributed by atoms with E-state index < -0.39 is 52.6 Å². The van der Waals surface area contributed by atoms with Crippen LogP contribution in [0.2, 0.25) is 0 Å². The quantitative estimate of drug-likeness (QED) is 0.414. The summed E-state index contributed by atoms with van der Waals surface area (Å²) in [6, 6.07) is 1.54. The Balaban J connectivity index is 2.51. The lowest BCUT2D eigenvalue weighted by atomic mass is 9.54. The largest absolute Gasteiger partial charge is 0.462 e. The molecule has 1 aliphatic heterocycles. The number of benzene rings is 1. The van der Waals surface area contributed by atoms with E-state index in [4.69, 9.17) is 23.7 Å². The van der Waals surface area contributed by atoms with Gasteiger partial charge in [-0.05, 0) is 25.3 Å². The van der Waals surface area contributed by atoms with Gasteiger partial charge in [0.15, 0.2) is 11.5 Å². The fraction of sp³-hybridized carbons (Fsp3) is 0.593. The van der Waals surface area contributed by atoms with Crippen LogP contribution in [0.15, 0.2) is 6.07 Å². The summed E-state index contributed by atoms with van der Waals surface area (Å²) in [4.78, 5) is 62.4. The molecule has 0 amide bonds. The van der Waals surface area contributed by atoms with E-state index in [1.807, 2.05) is 13.8 Å². The minimum absolute atomic E-state index is 0.0171. The van der Waals surface area contributed by atoms with E-state index in [2.05, 4.69) is 0 Å². The van der Waals surface area contributed by atoms with Crippen molar-refractivity contribution in [3.05, 3.63) is 22.8 Å². The van der Waals surface area contributed by atoms with Crippen molar-refractivity contribution in [1.82, 2.24) is 0 Å². The Morgan fingerprint density at radius 2 is 1.46 bits per heavy atom. The Hall–Kier alpha value is -3.43. The van der Waals surface area contributed by atoms with Gasteiger partial charge in [-0.15, -0.1) is 0 Å². The highest BCUT2D eigenvalue weighted by Gasteiger charge is 2.71. The average Bonchev–Trinajstić information content (AvgIpc) is 2.69. The highest BCUT2D eigenvalue weighted by atomic mass is 16.7. The third kappa shape index (κ3) is 4.69. The lowest BCUT2D eigenvalue weighted by Gasteiger charge is -2.60. The first-order chi connectivity index (χ1) is 17.0. The summed E-state index contributed by atoms with van der Waals surface area (Å²) in [5.41, 5.74) is -1.77. The molecule has 1 aromatic carbocycles. The smallest absolute Gasteiger partial charge is 0.341 e. The molecule has 0 radical (unpaired) electrons. The number of fused-ring (bicyclic) bond motifs is 3. The van der Waals surface area contributed by atoms with Gasteiger partial charge in [-0.2, -0.15) is 0 Å². The molecule has 1 aliphatic carbocycles. The van der Waals surface area contributed by atoms with Crippen molar-refractivity contribution in [1.29, 1.82) is 0 Å². The first kappa shape index (κ1) is 28.1. The number of hydrogen-bond donors (Lipinski definition) is 0. The highest BCUT2D eigenvalue weighted by molar-refractivity contribution is 5.96. The lowest BCUT2D eigenvalue weighted by molar-refractivity contribution is -0.311. The summed E-state index contributed by atoms with van der Waals surface area (Å²) in [6.45, 7) is 13.7. The van der Waals surface area contributed by atoms with E-state index in [0.29, 0.717) is 5.56 Å². The van der Waals surface area contributed by atoms with Gasteiger partial charge in [0.25, 0.3) is 5.79 Å². The minimum atomic E-state index is -1.87. The first-order valence-corrected chi connectivity index (χ1v) is 12.1. The van der Waals surface area contributed by atoms with Gasteiger partial charge < -0.3 is 23.7 Å². The third-order valence-electron chi connectivity index (χ3n) is 7.00. The second kappa shape index (κ2) is 9.46. The molecule has 0 saturated heterocycles. The number of esters is 5. The van der Waals surface area contributed by atoms with Gasteiger partial charge in [0.05, 0.1) is 11.0 Å². The van der Waals surface area contributed by atoms with Crippen LogP contribution in [0.25, 0.3) is 0 Å². The van der Waals surface area contributed by atoms with Crippen LogP contribution in [0, 0.1) is 5.41 Å². The van der Waals surface area contributed by atoms with Crippen molar-refractivity contribution >= 4 is 29.8 Å². The first-order valence-electron chi connectivity index (χ1n) is 12.1. The third-order valence-corrected chi connectivity index (χ3v) is 7.00. The SMILES string of the molecule is CC(=O)Oc1c(C(C)C)cc2c(c1OC(C)=O)[C@@]1(C)C[C@@H](OC(C)=O)CC(C)(C)[C@]1(OC(C)=O)OC2=O. The molecular formula is C27H34O10. The maximum absolute atomic E-state index is 13.6. The van der Waals surface area contributed by atoms with Gasteiger partial charge in [-0.25, -0.2) is 4.79 Å². The molecule has 1 fully saturated rings. The molecule has 0 aromatic heterocycles. The summed E-state index contributed by atoms with van der Waals surface area (Å²) in [6.07, 6.45) is -0.391. The highest BCUT2D eigenvalue weighted by Crippen LogP contribution is 2.64. The standard InChI is InChI=1S/C27H34O10/c1-13(2)19-10-20-21(23(35-16(5)30)22(19)34-15(4)29)26(9)12-18(33-14(3)28)11-25(7,8)27(26,36-17(6)31)37-24(20)32/h10,13,18H,11-12H2,1-9H3/t18-,26+,27-/m0/s1. The summed E-state index contributed by atoms with van der Waals surface area (Å²) in [5.74, 6) is -5.65. The molecular weight excluding hydrogens is 484 g/mol. The summed E-state index contributed by atoms with van der Waals surface area (Å²) >= 11 is 0. The zero-order valence-corrected chi connectivity index (χ0v) is 22.7. The summed E-state index contributed by atoms with van der Waals surface area (Å²) in [7, 11) is 0. The normalized spacial score (nSPS) is 25.8. The van der Waals surface area contributed by atoms with Gasteiger partial charge in [0, 0.05) is 50.7 Å². The predicted molar refractivity (Wildman–Crippen MR) is 129 cm³/mol. The molecule has 37 heavy (non-hydrogen) atoms. The van der Waals surface area contributed by atoms with Gasteiger partial charge in [0.1, 0.15) is 6.10 Å². The van der Waals surface area contributed by atoms with Crippen molar-refractivity contribution in [3.8, 4) is 11.5 Å². The molecule has 0 unspecified atom stereocenters. The van der Waals surface area contributed by atoms with Crippen LogP contribution in [-0.4, -0.2) is 41.7 Å². The van der Waals surface area contributed by atoms with Crippen molar-refractivity contribution in [3.63, 3.8) is 0 Å². The number of hydrogen-bond acceptors (Lipinski definition) is 10. The van der Waals surface area contributed by atoms with E-state index in [0.717, 1.165) is 0 Å². The molecule has 10 heteroatoms. The summed E-state index contributed by atoms with van der Waals surface area (Å²) < 4.78 is 28.7. The van der Waals surface area contributed by atoms with E-state index in [-0.39, 0.29) is 41.4 Å². The zero-order valence-electron chi connectivity index (χ0n) is 22.7. The zero-order chi connectivity index (χ0) is 28.1. The van der Waals surface area contributed by atoms with Crippen LogP contribution in [0.1, 0.15) is 103 Å². The van der Waals surface area contributed by atoms with E-state index in [1.165, 1.54) is 27.7 Å². The van der Waals surface area contributed by atoms with Gasteiger partial charge in [0.2, 0.25) is 0 Å². The molecule has 10 nitrogen and oxygen atoms in total. The molecule has 3 atom stereocenters. The predicted octanol–water partition coefficient (Wildman–Crippen LogP) is 4.10. The van der Waals surface area contributed by atoms with Crippen molar-refractivity contribution in [2.24, 2.45) is 5.41 Å². The number of carbonyl (C=O) groups excluding carboxylic acids is 5.